The zero-order valence-electron chi connectivity index (χ0n) is 12.5. The molecule has 0 spiro atoms. The summed E-state index contributed by atoms with van der Waals surface area (Å²) in [6.45, 7) is 5.14. The third-order valence-corrected chi connectivity index (χ3v) is 3.87. The number of rotatable bonds is 5. The van der Waals surface area contributed by atoms with Crippen molar-refractivity contribution in [3.8, 4) is 5.75 Å². The van der Waals surface area contributed by atoms with Gasteiger partial charge in [0.1, 0.15) is 5.75 Å². The number of halogens is 1. The molecule has 0 bridgehead atoms. The van der Waals surface area contributed by atoms with Crippen LogP contribution in [-0.4, -0.2) is 50.1 Å². The lowest BCUT2D eigenvalue weighted by Gasteiger charge is -2.34. The topological polar surface area (TPSA) is 53.6 Å². The first-order chi connectivity index (χ1) is 10.1. The number of benzene rings is 1. The molecule has 0 saturated carbocycles. The van der Waals surface area contributed by atoms with Gasteiger partial charge in [-0.25, -0.2) is 0 Å². The first-order valence-electron chi connectivity index (χ1n) is 7.19. The van der Waals surface area contributed by atoms with E-state index in [1.807, 2.05) is 11.0 Å². The summed E-state index contributed by atoms with van der Waals surface area (Å²) < 4.78 is 5.27. The van der Waals surface area contributed by atoms with Gasteiger partial charge in [-0.2, -0.15) is 0 Å². The van der Waals surface area contributed by atoms with Crippen LogP contribution in [-0.2, 0) is 4.79 Å². The van der Waals surface area contributed by atoms with E-state index < -0.39 is 0 Å². The average molecular weight is 312 g/mol. The van der Waals surface area contributed by atoms with E-state index in [0.29, 0.717) is 18.0 Å². The first kappa shape index (κ1) is 15.9. The van der Waals surface area contributed by atoms with Crippen LogP contribution in [0.15, 0.2) is 18.2 Å². The molecular formula is C15H22ClN3O2. The number of anilines is 1. The quantitative estimate of drug-likeness (QED) is 0.873. The minimum absolute atomic E-state index is 0.178. The number of nitrogens with zero attached hydrogens (tertiary/aromatic N) is 1. The zero-order chi connectivity index (χ0) is 15.2. The number of carbonyl (C=O) groups is 1. The Morgan fingerprint density at radius 3 is 3.10 bits per heavy atom. The molecule has 1 saturated heterocycles. The maximum atomic E-state index is 12.2. The van der Waals surface area contributed by atoms with E-state index in [0.717, 1.165) is 31.1 Å². The molecule has 1 heterocycles. The molecule has 1 aliphatic heterocycles. The number of methoxy groups -OCH3 is 1. The standard InChI is InChI=1S/C15H22ClN3O2/c1-11-10-17-7-8-19(11)15(20)5-6-18-13-9-12(16)3-4-14(13)21-2/h3-4,9,11,17-18H,5-8,10H2,1-2H3/t11-/m1/s1. The summed E-state index contributed by atoms with van der Waals surface area (Å²) in [5, 5.41) is 7.14. The smallest absolute Gasteiger partial charge is 0.224 e. The fourth-order valence-electron chi connectivity index (χ4n) is 2.48. The Kier molecular flexibility index (Phi) is 5.70. The highest BCUT2D eigenvalue weighted by Gasteiger charge is 2.22. The van der Waals surface area contributed by atoms with Crippen molar-refractivity contribution in [1.82, 2.24) is 10.2 Å². The van der Waals surface area contributed by atoms with Gasteiger partial charge < -0.3 is 20.3 Å². The normalized spacial score (nSPS) is 18.4. The minimum Gasteiger partial charge on any atom is -0.495 e. The summed E-state index contributed by atoms with van der Waals surface area (Å²) in [7, 11) is 1.61. The maximum Gasteiger partial charge on any atom is 0.224 e. The van der Waals surface area contributed by atoms with Gasteiger partial charge in [-0.3, -0.25) is 4.79 Å². The van der Waals surface area contributed by atoms with Crippen molar-refractivity contribution in [2.45, 2.75) is 19.4 Å². The molecule has 1 amide bonds. The minimum atomic E-state index is 0.178. The lowest BCUT2D eigenvalue weighted by molar-refractivity contribution is -0.133. The van der Waals surface area contributed by atoms with Crippen molar-refractivity contribution in [3.05, 3.63) is 23.2 Å². The molecule has 0 aromatic heterocycles. The van der Waals surface area contributed by atoms with Crippen LogP contribution in [0.1, 0.15) is 13.3 Å². The van der Waals surface area contributed by atoms with Crippen LogP contribution in [0.3, 0.4) is 0 Å². The second-order valence-electron chi connectivity index (χ2n) is 5.16. The van der Waals surface area contributed by atoms with Crippen molar-refractivity contribution >= 4 is 23.2 Å². The molecule has 1 aromatic rings. The van der Waals surface area contributed by atoms with Gasteiger partial charge in [0.15, 0.2) is 0 Å². The first-order valence-corrected chi connectivity index (χ1v) is 7.57. The molecule has 1 aromatic carbocycles. The molecular weight excluding hydrogens is 290 g/mol. The summed E-state index contributed by atoms with van der Waals surface area (Å²) >= 11 is 5.98. The second-order valence-corrected chi connectivity index (χ2v) is 5.60. The second kappa shape index (κ2) is 7.52. The molecule has 2 rings (SSSR count). The van der Waals surface area contributed by atoms with Crippen LogP contribution in [0.2, 0.25) is 5.02 Å². The van der Waals surface area contributed by atoms with E-state index in [9.17, 15) is 4.79 Å². The molecule has 1 atom stereocenters. The van der Waals surface area contributed by atoms with Gasteiger partial charge in [-0.15, -0.1) is 0 Å². The van der Waals surface area contributed by atoms with E-state index in [-0.39, 0.29) is 11.9 Å². The number of piperazine rings is 1. The molecule has 116 valence electrons. The fraction of sp³-hybridized carbons (Fsp3) is 0.533. The Morgan fingerprint density at radius 2 is 2.38 bits per heavy atom. The Balaban J connectivity index is 1.86. The Labute approximate surface area is 130 Å². The summed E-state index contributed by atoms with van der Waals surface area (Å²) in [5.41, 5.74) is 0.811. The average Bonchev–Trinajstić information content (AvgIpc) is 2.48. The highest BCUT2D eigenvalue weighted by molar-refractivity contribution is 6.30. The zero-order valence-corrected chi connectivity index (χ0v) is 13.2. The van der Waals surface area contributed by atoms with Gasteiger partial charge in [-0.05, 0) is 25.1 Å². The van der Waals surface area contributed by atoms with Crippen LogP contribution in [0.5, 0.6) is 5.75 Å². The summed E-state index contributed by atoms with van der Waals surface area (Å²) in [4.78, 5) is 14.2. The monoisotopic (exact) mass is 311 g/mol. The highest BCUT2D eigenvalue weighted by Crippen LogP contribution is 2.27. The fourth-order valence-corrected chi connectivity index (χ4v) is 2.65. The van der Waals surface area contributed by atoms with E-state index in [2.05, 4.69) is 17.6 Å². The molecule has 2 N–H and O–H groups in total. The predicted molar refractivity (Wildman–Crippen MR) is 85.2 cm³/mol. The van der Waals surface area contributed by atoms with Crippen LogP contribution >= 0.6 is 11.6 Å². The number of hydrogen-bond acceptors (Lipinski definition) is 4. The Bertz CT molecular complexity index is 496. The van der Waals surface area contributed by atoms with Crippen LogP contribution < -0.4 is 15.4 Å². The van der Waals surface area contributed by atoms with Gasteiger partial charge in [0, 0.05) is 43.7 Å². The van der Waals surface area contributed by atoms with Gasteiger partial charge in [0.2, 0.25) is 5.91 Å². The van der Waals surface area contributed by atoms with Crippen molar-refractivity contribution in [2.75, 3.05) is 38.6 Å². The van der Waals surface area contributed by atoms with E-state index in [1.54, 1.807) is 19.2 Å². The number of ether oxygens (including phenoxy) is 1. The molecule has 6 heteroatoms. The molecule has 1 fully saturated rings. The third kappa shape index (κ3) is 4.25. The molecule has 0 radical (unpaired) electrons. The lowest BCUT2D eigenvalue weighted by atomic mass is 10.2. The highest BCUT2D eigenvalue weighted by atomic mass is 35.5. The van der Waals surface area contributed by atoms with Crippen molar-refractivity contribution < 1.29 is 9.53 Å². The van der Waals surface area contributed by atoms with Crippen molar-refractivity contribution in [1.29, 1.82) is 0 Å². The van der Waals surface area contributed by atoms with Crippen molar-refractivity contribution in [3.63, 3.8) is 0 Å². The van der Waals surface area contributed by atoms with Gasteiger partial charge in [0.25, 0.3) is 0 Å². The Hall–Kier alpha value is -1.46. The van der Waals surface area contributed by atoms with Crippen LogP contribution in [0.25, 0.3) is 0 Å². The van der Waals surface area contributed by atoms with Gasteiger partial charge in [-0.1, -0.05) is 11.6 Å². The van der Waals surface area contributed by atoms with E-state index >= 15 is 0 Å². The van der Waals surface area contributed by atoms with Gasteiger partial charge in [0.05, 0.1) is 12.8 Å². The summed E-state index contributed by atoms with van der Waals surface area (Å²) in [6.07, 6.45) is 0.458. The number of hydrogen-bond donors (Lipinski definition) is 2. The SMILES string of the molecule is COc1ccc(Cl)cc1NCCC(=O)N1CCNC[C@H]1C. The maximum absolute atomic E-state index is 12.2. The van der Waals surface area contributed by atoms with Crippen molar-refractivity contribution in [2.24, 2.45) is 0 Å². The third-order valence-electron chi connectivity index (χ3n) is 3.64. The largest absolute Gasteiger partial charge is 0.495 e. The summed E-state index contributed by atoms with van der Waals surface area (Å²) in [5.74, 6) is 0.903. The molecule has 21 heavy (non-hydrogen) atoms. The lowest BCUT2D eigenvalue weighted by Crippen LogP contribution is -2.52. The van der Waals surface area contributed by atoms with Crippen LogP contribution in [0.4, 0.5) is 5.69 Å². The summed E-state index contributed by atoms with van der Waals surface area (Å²) in [6, 6.07) is 5.65. The number of carbonyl (C=O) groups excluding carboxylic acids is 1. The number of amides is 1. The number of nitrogens with one attached hydrogen (secondary N) is 2. The van der Waals surface area contributed by atoms with E-state index in [1.165, 1.54) is 0 Å². The Morgan fingerprint density at radius 1 is 1.57 bits per heavy atom. The molecule has 1 aliphatic rings. The van der Waals surface area contributed by atoms with Crippen LogP contribution in [0, 0.1) is 0 Å². The molecule has 0 aliphatic carbocycles. The molecule has 0 unspecified atom stereocenters. The molecule has 5 nitrogen and oxygen atoms in total. The van der Waals surface area contributed by atoms with E-state index in [4.69, 9.17) is 16.3 Å². The van der Waals surface area contributed by atoms with Gasteiger partial charge >= 0.3 is 0 Å². The predicted octanol–water partition coefficient (Wildman–Crippen LogP) is 1.97.